The van der Waals surface area contributed by atoms with Gasteiger partial charge < -0.3 is 19.6 Å². The molecule has 0 rings (SSSR count). The molecule has 0 aliphatic heterocycles. The van der Waals surface area contributed by atoms with Crippen molar-refractivity contribution in [3.8, 4) is 0 Å². The Labute approximate surface area is 274 Å². The van der Waals surface area contributed by atoms with E-state index in [1.54, 1.807) is 0 Å². The summed E-state index contributed by atoms with van der Waals surface area (Å²) in [6.07, 6.45) is 29.7. The molecule has 0 aliphatic carbocycles. The highest BCUT2D eigenvalue weighted by Gasteiger charge is 2.12. The van der Waals surface area contributed by atoms with Crippen molar-refractivity contribution in [2.24, 2.45) is 0 Å². The van der Waals surface area contributed by atoms with E-state index in [1.165, 1.54) is 89.9 Å². The molecule has 0 spiro atoms. The van der Waals surface area contributed by atoms with Gasteiger partial charge in [0.15, 0.2) is 0 Å². The smallest absolute Gasteiger partial charge is 0.306 e. The molecule has 6 heteroatoms. The molecule has 0 saturated heterocycles. The summed E-state index contributed by atoms with van der Waals surface area (Å²) in [6, 6.07) is 0. The van der Waals surface area contributed by atoms with Gasteiger partial charge in [-0.1, -0.05) is 124 Å². The van der Waals surface area contributed by atoms with Crippen LogP contribution in [0, 0.1) is 0 Å². The molecular weight excluding hydrogens is 548 g/mol. The van der Waals surface area contributed by atoms with E-state index < -0.39 is 0 Å². The lowest BCUT2D eigenvalue weighted by molar-refractivity contribution is -0.149. The number of carbonyl (C=O) groups is 2. The maximum atomic E-state index is 12.4. The standard InChI is InChI=1S/C38H76N2O4/c1-5-8-10-12-16-22-28-36(7-3)44-38(43)30-24-18-15-21-27-33-40(34-35-41)32-26-20-14-17-23-29-37(42)39(4)31-25-19-13-11-9-6-2/h36,41H,5-35H2,1-4H3. The topological polar surface area (TPSA) is 70.1 Å². The minimum Gasteiger partial charge on any atom is -0.462 e. The van der Waals surface area contributed by atoms with Gasteiger partial charge in [-0.15, -0.1) is 0 Å². The second kappa shape index (κ2) is 33.2. The molecule has 0 aromatic heterocycles. The first-order valence-corrected chi connectivity index (χ1v) is 19.2. The molecule has 1 unspecified atom stereocenters. The van der Waals surface area contributed by atoms with Crippen LogP contribution in [0.15, 0.2) is 0 Å². The molecule has 0 radical (unpaired) electrons. The van der Waals surface area contributed by atoms with Crippen molar-refractivity contribution in [3.63, 3.8) is 0 Å². The van der Waals surface area contributed by atoms with Crippen molar-refractivity contribution >= 4 is 11.9 Å². The molecule has 0 saturated carbocycles. The number of aliphatic hydroxyl groups is 1. The summed E-state index contributed by atoms with van der Waals surface area (Å²) in [7, 11) is 1.96. The molecular formula is C38H76N2O4. The van der Waals surface area contributed by atoms with E-state index in [0.717, 1.165) is 90.4 Å². The van der Waals surface area contributed by atoms with Crippen LogP contribution in [0.25, 0.3) is 0 Å². The number of unbranched alkanes of at least 4 members (excludes halogenated alkanes) is 18. The van der Waals surface area contributed by atoms with Gasteiger partial charge >= 0.3 is 5.97 Å². The van der Waals surface area contributed by atoms with E-state index in [2.05, 4.69) is 25.7 Å². The third-order valence-electron chi connectivity index (χ3n) is 9.04. The molecule has 1 amide bonds. The van der Waals surface area contributed by atoms with Gasteiger partial charge in [-0.05, 0) is 64.5 Å². The van der Waals surface area contributed by atoms with E-state index in [4.69, 9.17) is 4.74 Å². The Bertz CT molecular complexity index is 630. The summed E-state index contributed by atoms with van der Waals surface area (Å²) in [5.41, 5.74) is 0. The summed E-state index contributed by atoms with van der Waals surface area (Å²) >= 11 is 0. The lowest BCUT2D eigenvalue weighted by Gasteiger charge is -2.21. The van der Waals surface area contributed by atoms with Crippen LogP contribution in [0.4, 0.5) is 0 Å². The number of aliphatic hydroxyl groups excluding tert-OH is 1. The van der Waals surface area contributed by atoms with E-state index in [-0.39, 0.29) is 18.7 Å². The zero-order valence-corrected chi connectivity index (χ0v) is 30.1. The van der Waals surface area contributed by atoms with Crippen LogP contribution in [0.3, 0.4) is 0 Å². The first-order chi connectivity index (χ1) is 21.5. The van der Waals surface area contributed by atoms with Crippen molar-refractivity contribution in [1.29, 1.82) is 0 Å². The number of hydrogen-bond donors (Lipinski definition) is 1. The third kappa shape index (κ3) is 28.3. The van der Waals surface area contributed by atoms with Crippen molar-refractivity contribution in [2.45, 2.75) is 194 Å². The Hall–Kier alpha value is -1.14. The quantitative estimate of drug-likeness (QED) is 0.0570. The number of rotatable bonds is 34. The van der Waals surface area contributed by atoms with Crippen LogP contribution in [0.1, 0.15) is 188 Å². The summed E-state index contributed by atoms with van der Waals surface area (Å²) in [4.78, 5) is 29.0. The lowest BCUT2D eigenvalue weighted by Crippen LogP contribution is -2.29. The van der Waals surface area contributed by atoms with Gasteiger partial charge in [-0.2, -0.15) is 0 Å². The summed E-state index contributed by atoms with van der Waals surface area (Å²) in [5, 5.41) is 9.48. The first-order valence-electron chi connectivity index (χ1n) is 19.2. The molecule has 0 fully saturated rings. The van der Waals surface area contributed by atoms with Gasteiger partial charge in [0.25, 0.3) is 0 Å². The fraction of sp³-hybridized carbons (Fsp3) is 0.947. The Morgan fingerprint density at radius 2 is 1.02 bits per heavy atom. The number of carbonyl (C=O) groups excluding carboxylic acids is 2. The second-order valence-corrected chi connectivity index (χ2v) is 13.3. The Morgan fingerprint density at radius 3 is 1.55 bits per heavy atom. The molecule has 1 atom stereocenters. The number of amides is 1. The molecule has 0 bridgehead atoms. The molecule has 6 nitrogen and oxygen atoms in total. The molecule has 0 aromatic rings. The van der Waals surface area contributed by atoms with E-state index in [9.17, 15) is 14.7 Å². The molecule has 262 valence electrons. The Kier molecular flexibility index (Phi) is 32.4. The Balaban J connectivity index is 3.77. The van der Waals surface area contributed by atoms with Crippen molar-refractivity contribution < 1.29 is 19.4 Å². The average molecular weight is 625 g/mol. The van der Waals surface area contributed by atoms with Crippen LogP contribution in [-0.4, -0.2) is 72.7 Å². The largest absolute Gasteiger partial charge is 0.462 e. The summed E-state index contributed by atoms with van der Waals surface area (Å²) in [5.74, 6) is 0.288. The summed E-state index contributed by atoms with van der Waals surface area (Å²) in [6.45, 7) is 10.6. The predicted octanol–water partition coefficient (Wildman–Crippen LogP) is 9.85. The maximum absolute atomic E-state index is 12.4. The SMILES string of the molecule is CCCCCCCCC(CC)OC(=O)CCCCCCCN(CCO)CCCCCCCC(=O)N(C)CCCCCCCC. The minimum atomic E-state index is -0.0145. The highest BCUT2D eigenvalue weighted by Crippen LogP contribution is 2.15. The van der Waals surface area contributed by atoms with E-state index in [1.807, 2.05) is 11.9 Å². The predicted molar refractivity (Wildman–Crippen MR) is 188 cm³/mol. The van der Waals surface area contributed by atoms with Gasteiger partial charge in [0, 0.05) is 33.0 Å². The van der Waals surface area contributed by atoms with Gasteiger partial charge in [-0.25, -0.2) is 0 Å². The third-order valence-corrected chi connectivity index (χ3v) is 9.04. The van der Waals surface area contributed by atoms with Crippen LogP contribution < -0.4 is 0 Å². The highest BCUT2D eigenvalue weighted by atomic mass is 16.5. The fourth-order valence-corrected chi connectivity index (χ4v) is 5.94. The average Bonchev–Trinajstić information content (AvgIpc) is 3.02. The van der Waals surface area contributed by atoms with Crippen LogP contribution in [0.2, 0.25) is 0 Å². The first kappa shape index (κ1) is 42.9. The number of esters is 1. The zero-order valence-electron chi connectivity index (χ0n) is 30.1. The van der Waals surface area contributed by atoms with Gasteiger partial charge in [0.1, 0.15) is 6.10 Å². The normalized spacial score (nSPS) is 12.1. The van der Waals surface area contributed by atoms with Crippen LogP contribution in [0.5, 0.6) is 0 Å². The highest BCUT2D eigenvalue weighted by molar-refractivity contribution is 5.75. The van der Waals surface area contributed by atoms with E-state index in [0.29, 0.717) is 18.7 Å². The molecule has 1 N–H and O–H groups in total. The van der Waals surface area contributed by atoms with Crippen molar-refractivity contribution in [2.75, 3.05) is 39.8 Å². The summed E-state index contributed by atoms with van der Waals surface area (Å²) < 4.78 is 5.74. The Morgan fingerprint density at radius 1 is 0.568 bits per heavy atom. The van der Waals surface area contributed by atoms with Gasteiger partial charge in [0.2, 0.25) is 5.91 Å². The molecule has 0 heterocycles. The number of hydrogen-bond acceptors (Lipinski definition) is 5. The van der Waals surface area contributed by atoms with E-state index >= 15 is 0 Å². The van der Waals surface area contributed by atoms with Crippen LogP contribution >= 0.6 is 0 Å². The molecule has 0 aliphatic rings. The molecule has 0 aromatic carbocycles. The number of ether oxygens (including phenoxy) is 1. The molecule has 44 heavy (non-hydrogen) atoms. The number of nitrogens with zero attached hydrogens (tertiary/aromatic N) is 2. The van der Waals surface area contributed by atoms with Crippen molar-refractivity contribution in [1.82, 2.24) is 9.80 Å². The van der Waals surface area contributed by atoms with Crippen LogP contribution in [-0.2, 0) is 14.3 Å². The fourth-order valence-electron chi connectivity index (χ4n) is 5.94. The second-order valence-electron chi connectivity index (χ2n) is 13.3. The monoisotopic (exact) mass is 625 g/mol. The zero-order chi connectivity index (χ0) is 32.5. The maximum Gasteiger partial charge on any atom is 0.306 e. The van der Waals surface area contributed by atoms with Crippen molar-refractivity contribution in [3.05, 3.63) is 0 Å². The minimum absolute atomic E-state index is 0.0145. The lowest BCUT2D eigenvalue weighted by atomic mass is 10.1. The van der Waals surface area contributed by atoms with Gasteiger partial charge in [-0.3, -0.25) is 9.59 Å². The van der Waals surface area contributed by atoms with Gasteiger partial charge in [0.05, 0.1) is 6.61 Å².